The van der Waals surface area contributed by atoms with Crippen molar-refractivity contribution in [3.63, 3.8) is 0 Å². The summed E-state index contributed by atoms with van der Waals surface area (Å²) in [6.07, 6.45) is -0.331. The molecule has 0 aromatic rings. The highest BCUT2D eigenvalue weighted by Gasteiger charge is 2.17. The fraction of sp³-hybridized carbons (Fsp3) is 0.800. The minimum atomic E-state index is -1.06. The van der Waals surface area contributed by atoms with Crippen molar-refractivity contribution in [1.82, 2.24) is 5.32 Å². The number of carboxylic acids is 1. The topological polar surface area (TPSA) is 92.4 Å². The van der Waals surface area contributed by atoms with E-state index in [1.54, 1.807) is 0 Å². The van der Waals surface area contributed by atoms with Gasteiger partial charge in [0.1, 0.15) is 0 Å². The number of amides is 1. The first-order chi connectivity index (χ1) is 6.84. The van der Waals surface area contributed by atoms with Gasteiger partial charge in [-0.25, -0.2) is 0 Å². The highest BCUT2D eigenvalue weighted by molar-refractivity contribution is 5.85. The molecule has 0 saturated carbocycles. The second-order valence-corrected chi connectivity index (χ2v) is 4.17. The van der Waals surface area contributed by atoms with E-state index >= 15 is 0 Å². The van der Waals surface area contributed by atoms with Crippen LogP contribution in [0.2, 0.25) is 0 Å². The molecule has 4 N–H and O–H groups in total. The van der Waals surface area contributed by atoms with Crippen molar-refractivity contribution in [3.8, 4) is 0 Å². The molecule has 0 bridgehead atoms. The zero-order valence-electron chi connectivity index (χ0n) is 9.49. The Bertz CT molecular complexity index is 229. The largest absolute Gasteiger partial charge is 0.481 e. The predicted octanol–water partition coefficient (Wildman–Crippen LogP) is 0.197. The van der Waals surface area contributed by atoms with Gasteiger partial charge in [0, 0.05) is 6.54 Å². The van der Waals surface area contributed by atoms with E-state index in [1.807, 2.05) is 6.92 Å². The Hall–Kier alpha value is -1.10. The molecular weight excluding hydrogens is 196 g/mol. The van der Waals surface area contributed by atoms with Crippen molar-refractivity contribution in [1.29, 1.82) is 0 Å². The molecule has 5 nitrogen and oxygen atoms in total. The van der Waals surface area contributed by atoms with Gasteiger partial charge in [0.25, 0.3) is 0 Å². The molecule has 0 spiro atoms. The van der Waals surface area contributed by atoms with E-state index in [9.17, 15) is 9.59 Å². The molecular formula is C10H20N2O3. The molecule has 2 atom stereocenters. The molecule has 1 amide bonds. The molecule has 0 aliphatic rings. The SMILES string of the molecule is CC(C)C(C)CNC(=O)C(N)CC(=O)O. The van der Waals surface area contributed by atoms with Gasteiger partial charge < -0.3 is 16.2 Å². The first-order valence-electron chi connectivity index (χ1n) is 5.09. The fourth-order valence-corrected chi connectivity index (χ4v) is 0.909. The molecule has 0 heterocycles. The molecule has 0 rings (SSSR count). The molecule has 0 fully saturated rings. The standard InChI is InChI=1S/C10H20N2O3/c1-6(2)7(3)5-12-10(15)8(11)4-9(13)14/h6-8H,4-5,11H2,1-3H3,(H,12,15)(H,13,14). The van der Waals surface area contributed by atoms with E-state index in [0.717, 1.165) is 0 Å². The monoisotopic (exact) mass is 216 g/mol. The van der Waals surface area contributed by atoms with Crippen molar-refractivity contribution in [3.05, 3.63) is 0 Å². The Morgan fingerprint density at radius 2 is 1.87 bits per heavy atom. The van der Waals surface area contributed by atoms with Crippen LogP contribution in [0.25, 0.3) is 0 Å². The molecule has 0 aromatic heterocycles. The van der Waals surface area contributed by atoms with Crippen LogP contribution < -0.4 is 11.1 Å². The van der Waals surface area contributed by atoms with Crippen LogP contribution in [0.15, 0.2) is 0 Å². The number of nitrogens with two attached hydrogens (primary N) is 1. The average Bonchev–Trinajstić information content (AvgIpc) is 2.12. The molecule has 2 unspecified atom stereocenters. The third kappa shape index (κ3) is 6.06. The van der Waals surface area contributed by atoms with Crippen LogP contribution in [0.3, 0.4) is 0 Å². The van der Waals surface area contributed by atoms with Crippen LogP contribution in [0.4, 0.5) is 0 Å². The second kappa shape index (κ2) is 6.40. The molecule has 0 aliphatic heterocycles. The molecule has 0 radical (unpaired) electrons. The Morgan fingerprint density at radius 3 is 2.27 bits per heavy atom. The second-order valence-electron chi connectivity index (χ2n) is 4.17. The number of hydrogen-bond donors (Lipinski definition) is 3. The molecule has 15 heavy (non-hydrogen) atoms. The summed E-state index contributed by atoms with van der Waals surface area (Å²) in [5.41, 5.74) is 5.39. The van der Waals surface area contributed by atoms with Gasteiger partial charge in [0.2, 0.25) is 5.91 Å². The van der Waals surface area contributed by atoms with E-state index < -0.39 is 17.9 Å². The van der Waals surface area contributed by atoms with E-state index in [4.69, 9.17) is 10.8 Å². The number of carbonyl (C=O) groups is 2. The number of carbonyl (C=O) groups excluding carboxylic acids is 1. The van der Waals surface area contributed by atoms with Crippen molar-refractivity contribution in [2.75, 3.05) is 6.54 Å². The van der Waals surface area contributed by atoms with E-state index in [2.05, 4.69) is 19.2 Å². The lowest BCUT2D eigenvalue weighted by Gasteiger charge is -2.17. The van der Waals surface area contributed by atoms with Gasteiger partial charge in [-0.05, 0) is 11.8 Å². The Labute approximate surface area is 90.0 Å². The molecule has 0 aromatic carbocycles. The van der Waals surface area contributed by atoms with Crippen LogP contribution in [-0.2, 0) is 9.59 Å². The Morgan fingerprint density at radius 1 is 1.33 bits per heavy atom. The summed E-state index contributed by atoms with van der Waals surface area (Å²) in [6, 6.07) is -0.957. The highest BCUT2D eigenvalue weighted by Crippen LogP contribution is 2.07. The van der Waals surface area contributed by atoms with Gasteiger partial charge >= 0.3 is 5.97 Å². The average molecular weight is 216 g/mol. The van der Waals surface area contributed by atoms with Crippen molar-refractivity contribution in [2.24, 2.45) is 17.6 Å². The summed E-state index contributed by atoms with van der Waals surface area (Å²) in [5, 5.41) is 11.1. The van der Waals surface area contributed by atoms with Crippen molar-refractivity contribution in [2.45, 2.75) is 33.2 Å². The van der Waals surface area contributed by atoms with E-state index in [-0.39, 0.29) is 6.42 Å². The minimum absolute atomic E-state index is 0.331. The summed E-state index contributed by atoms with van der Waals surface area (Å²) in [5.74, 6) is -0.633. The summed E-state index contributed by atoms with van der Waals surface area (Å²) in [6.45, 7) is 6.68. The summed E-state index contributed by atoms with van der Waals surface area (Å²) in [4.78, 5) is 21.6. The predicted molar refractivity (Wildman–Crippen MR) is 57.2 cm³/mol. The quantitative estimate of drug-likeness (QED) is 0.591. The molecule has 0 aliphatic carbocycles. The molecule has 0 saturated heterocycles. The van der Waals surface area contributed by atoms with Crippen LogP contribution in [0.5, 0.6) is 0 Å². The van der Waals surface area contributed by atoms with Gasteiger partial charge in [-0.1, -0.05) is 20.8 Å². The van der Waals surface area contributed by atoms with E-state index in [1.165, 1.54) is 0 Å². The maximum absolute atomic E-state index is 11.3. The normalized spacial score (nSPS) is 14.7. The van der Waals surface area contributed by atoms with E-state index in [0.29, 0.717) is 18.4 Å². The van der Waals surface area contributed by atoms with Gasteiger partial charge in [-0.15, -0.1) is 0 Å². The zero-order chi connectivity index (χ0) is 12.0. The number of carboxylic acid groups (broad SMARTS) is 1. The van der Waals surface area contributed by atoms with Crippen LogP contribution >= 0.6 is 0 Å². The third-order valence-electron chi connectivity index (χ3n) is 2.47. The highest BCUT2D eigenvalue weighted by atomic mass is 16.4. The van der Waals surface area contributed by atoms with Crippen molar-refractivity contribution >= 4 is 11.9 Å². The third-order valence-corrected chi connectivity index (χ3v) is 2.47. The number of hydrogen-bond acceptors (Lipinski definition) is 3. The van der Waals surface area contributed by atoms with Gasteiger partial charge in [-0.3, -0.25) is 9.59 Å². The first kappa shape index (κ1) is 13.9. The lowest BCUT2D eigenvalue weighted by molar-refractivity contribution is -0.139. The molecule has 5 heteroatoms. The Balaban J connectivity index is 3.88. The molecule has 88 valence electrons. The fourth-order valence-electron chi connectivity index (χ4n) is 0.909. The summed E-state index contributed by atoms with van der Waals surface area (Å²) < 4.78 is 0. The van der Waals surface area contributed by atoms with Gasteiger partial charge in [-0.2, -0.15) is 0 Å². The van der Waals surface area contributed by atoms with Crippen LogP contribution in [0, 0.1) is 11.8 Å². The lowest BCUT2D eigenvalue weighted by Crippen LogP contribution is -2.43. The Kier molecular flexibility index (Phi) is 5.93. The summed E-state index contributed by atoms with van der Waals surface area (Å²) in [7, 11) is 0. The maximum atomic E-state index is 11.3. The summed E-state index contributed by atoms with van der Waals surface area (Å²) >= 11 is 0. The van der Waals surface area contributed by atoms with Gasteiger partial charge in [0.05, 0.1) is 12.5 Å². The van der Waals surface area contributed by atoms with Crippen LogP contribution in [-0.4, -0.2) is 29.6 Å². The number of aliphatic carboxylic acids is 1. The first-order valence-corrected chi connectivity index (χ1v) is 5.09. The lowest BCUT2D eigenvalue weighted by atomic mass is 9.98. The van der Waals surface area contributed by atoms with Crippen LogP contribution in [0.1, 0.15) is 27.2 Å². The van der Waals surface area contributed by atoms with Gasteiger partial charge in [0.15, 0.2) is 0 Å². The minimum Gasteiger partial charge on any atom is -0.481 e. The van der Waals surface area contributed by atoms with Crippen molar-refractivity contribution < 1.29 is 14.7 Å². The number of nitrogens with one attached hydrogen (secondary N) is 1. The maximum Gasteiger partial charge on any atom is 0.305 e. The smallest absolute Gasteiger partial charge is 0.305 e. The zero-order valence-corrected chi connectivity index (χ0v) is 9.49. The number of rotatable bonds is 6.